The summed E-state index contributed by atoms with van der Waals surface area (Å²) in [6, 6.07) is 10.5. The predicted octanol–water partition coefficient (Wildman–Crippen LogP) is 2.12. The van der Waals surface area contributed by atoms with Crippen molar-refractivity contribution in [1.82, 2.24) is 5.32 Å². The number of hydrogen-bond donors (Lipinski definition) is 1. The van der Waals surface area contributed by atoms with Crippen LogP contribution in [0.3, 0.4) is 0 Å². The molecule has 2 rings (SSSR count). The van der Waals surface area contributed by atoms with Crippen molar-refractivity contribution in [3.8, 4) is 0 Å². The maximum Gasteiger partial charge on any atom is 0.0364 e. The van der Waals surface area contributed by atoms with Crippen LogP contribution in [0.2, 0.25) is 0 Å². The largest absolute Gasteiger partial charge is 0.373 e. The molecular formula is C13H20N2. The molecule has 1 saturated carbocycles. The topological polar surface area (TPSA) is 15.3 Å². The van der Waals surface area contributed by atoms with Crippen molar-refractivity contribution in [3.63, 3.8) is 0 Å². The van der Waals surface area contributed by atoms with Gasteiger partial charge in [0, 0.05) is 25.8 Å². The van der Waals surface area contributed by atoms with E-state index in [9.17, 15) is 0 Å². The summed E-state index contributed by atoms with van der Waals surface area (Å²) in [6.07, 6.45) is 2.86. The fourth-order valence-corrected chi connectivity index (χ4v) is 1.69. The Morgan fingerprint density at radius 3 is 2.67 bits per heavy atom. The molecule has 1 N–H and O–H groups in total. The minimum absolute atomic E-state index is 0.979. The normalized spacial score (nSPS) is 15.3. The molecule has 0 aromatic heterocycles. The molecule has 82 valence electrons. The lowest BCUT2D eigenvalue weighted by atomic mass is 10.3. The van der Waals surface area contributed by atoms with Gasteiger partial charge in [-0.25, -0.2) is 0 Å². The van der Waals surface area contributed by atoms with Crippen molar-refractivity contribution >= 4 is 5.69 Å². The van der Waals surface area contributed by atoms with Crippen LogP contribution in [-0.2, 0) is 0 Å². The zero-order chi connectivity index (χ0) is 10.5. The molecule has 1 fully saturated rings. The average Bonchev–Trinajstić information content (AvgIpc) is 3.09. The van der Waals surface area contributed by atoms with Gasteiger partial charge in [-0.15, -0.1) is 0 Å². The van der Waals surface area contributed by atoms with Crippen molar-refractivity contribution in [2.75, 3.05) is 31.6 Å². The van der Waals surface area contributed by atoms with E-state index in [4.69, 9.17) is 0 Å². The van der Waals surface area contributed by atoms with Crippen molar-refractivity contribution in [2.45, 2.75) is 12.8 Å². The quantitative estimate of drug-likeness (QED) is 0.714. The van der Waals surface area contributed by atoms with E-state index in [0.717, 1.165) is 19.0 Å². The number of para-hydroxylation sites is 1. The maximum atomic E-state index is 3.51. The van der Waals surface area contributed by atoms with Crippen LogP contribution >= 0.6 is 0 Å². The van der Waals surface area contributed by atoms with Crippen LogP contribution in [-0.4, -0.2) is 26.7 Å². The first-order valence-electron chi connectivity index (χ1n) is 5.83. The molecular weight excluding hydrogens is 184 g/mol. The molecule has 1 aliphatic carbocycles. The summed E-state index contributed by atoms with van der Waals surface area (Å²) in [5, 5.41) is 3.51. The van der Waals surface area contributed by atoms with E-state index in [0.29, 0.717) is 0 Å². The number of rotatable bonds is 6. The van der Waals surface area contributed by atoms with Crippen LogP contribution in [0.5, 0.6) is 0 Å². The van der Waals surface area contributed by atoms with E-state index in [1.54, 1.807) is 0 Å². The zero-order valence-corrected chi connectivity index (χ0v) is 9.45. The Hall–Kier alpha value is -1.02. The summed E-state index contributed by atoms with van der Waals surface area (Å²) in [5.74, 6) is 0.979. The summed E-state index contributed by atoms with van der Waals surface area (Å²) >= 11 is 0. The highest BCUT2D eigenvalue weighted by Gasteiger charge is 2.19. The number of anilines is 1. The molecule has 0 heterocycles. The first-order valence-corrected chi connectivity index (χ1v) is 5.83. The molecule has 1 aromatic carbocycles. The lowest BCUT2D eigenvalue weighted by molar-refractivity contribution is 0.634. The number of nitrogens with one attached hydrogen (secondary N) is 1. The smallest absolute Gasteiger partial charge is 0.0364 e. The Morgan fingerprint density at radius 1 is 1.27 bits per heavy atom. The summed E-state index contributed by atoms with van der Waals surface area (Å²) < 4.78 is 0. The van der Waals surface area contributed by atoms with Crippen molar-refractivity contribution < 1.29 is 0 Å². The minimum atomic E-state index is 0.979. The van der Waals surface area contributed by atoms with E-state index in [2.05, 4.69) is 47.6 Å². The molecule has 0 aliphatic heterocycles. The minimum Gasteiger partial charge on any atom is -0.373 e. The predicted molar refractivity (Wildman–Crippen MR) is 65.3 cm³/mol. The summed E-state index contributed by atoms with van der Waals surface area (Å²) in [5.41, 5.74) is 1.30. The van der Waals surface area contributed by atoms with Gasteiger partial charge in [-0.1, -0.05) is 18.2 Å². The van der Waals surface area contributed by atoms with Crippen molar-refractivity contribution in [2.24, 2.45) is 5.92 Å². The number of nitrogens with zero attached hydrogens (tertiary/aromatic N) is 1. The van der Waals surface area contributed by atoms with Gasteiger partial charge in [-0.2, -0.15) is 0 Å². The van der Waals surface area contributed by atoms with Crippen LogP contribution in [0.15, 0.2) is 30.3 Å². The van der Waals surface area contributed by atoms with Crippen LogP contribution in [0, 0.1) is 5.92 Å². The number of hydrogen-bond acceptors (Lipinski definition) is 2. The maximum absolute atomic E-state index is 3.51. The number of likely N-dealkylation sites (N-methyl/N-ethyl adjacent to an activating group) is 1. The molecule has 0 spiro atoms. The molecule has 0 saturated heterocycles. The Balaban J connectivity index is 1.65. The van der Waals surface area contributed by atoms with E-state index >= 15 is 0 Å². The molecule has 0 atom stereocenters. The van der Waals surface area contributed by atoms with Gasteiger partial charge in [-0.3, -0.25) is 0 Å². The fraction of sp³-hybridized carbons (Fsp3) is 0.538. The monoisotopic (exact) mass is 204 g/mol. The molecule has 0 bridgehead atoms. The van der Waals surface area contributed by atoms with E-state index < -0.39 is 0 Å². The Labute approximate surface area is 92.3 Å². The second-order valence-corrected chi connectivity index (χ2v) is 4.40. The van der Waals surface area contributed by atoms with Crippen LogP contribution in [0.1, 0.15) is 12.8 Å². The van der Waals surface area contributed by atoms with Crippen LogP contribution in [0.25, 0.3) is 0 Å². The molecule has 0 amide bonds. The van der Waals surface area contributed by atoms with Crippen molar-refractivity contribution in [1.29, 1.82) is 0 Å². The third kappa shape index (κ3) is 3.56. The van der Waals surface area contributed by atoms with E-state index in [-0.39, 0.29) is 0 Å². The standard InChI is InChI=1S/C13H20N2/c1-15(13-5-3-2-4-6-13)10-9-14-11-12-7-8-12/h2-6,12,14H,7-11H2,1H3. The molecule has 2 heteroatoms. The molecule has 1 aliphatic rings. The van der Waals surface area contributed by atoms with Gasteiger partial charge in [0.2, 0.25) is 0 Å². The van der Waals surface area contributed by atoms with Crippen LogP contribution in [0.4, 0.5) is 5.69 Å². The number of benzene rings is 1. The first-order chi connectivity index (χ1) is 7.36. The summed E-state index contributed by atoms with van der Waals surface area (Å²) in [4.78, 5) is 2.29. The van der Waals surface area contributed by atoms with Gasteiger partial charge in [0.15, 0.2) is 0 Å². The molecule has 0 radical (unpaired) electrons. The highest BCUT2D eigenvalue weighted by atomic mass is 15.1. The average molecular weight is 204 g/mol. The lowest BCUT2D eigenvalue weighted by Gasteiger charge is -2.19. The fourth-order valence-electron chi connectivity index (χ4n) is 1.69. The van der Waals surface area contributed by atoms with E-state index in [1.807, 2.05) is 0 Å². The lowest BCUT2D eigenvalue weighted by Crippen LogP contribution is -2.30. The zero-order valence-electron chi connectivity index (χ0n) is 9.45. The third-order valence-electron chi connectivity index (χ3n) is 2.95. The van der Waals surface area contributed by atoms with Gasteiger partial charge in [-0.05, 0) is 37.4 Å². The third-order valence-corrected chi connectivity index (χ3v) is 2.95. The molecule has 2 nitrogen and oxygen atoms in total. The molecule has 0 unspecified atom stereocenters. The van der Waals surface area contributed by atoms with Crippen molar-refractivity contribution in [3.05, 3.63) is 30.3 Å². The van der Waals surface area contributed by atoms with Gasteiger partial charge in [0.05, 0.1) is 0 Å². The first kappa shape index (κ1) is 10.5. The SMILES string of the molecule is CN(CCNCC1CC1)c1ccccc1. The van der Waals surface area contributed by atoms with Gasteiger partial charge >= 0.3 is 0 Å². The molecule has 15 heavy (non-hydrogen) atoms. The highest BCUT2D eigenvalue weighted by molar-refractivity contribution is 5.44. The van der Waals surface area contributed by atoms with E-state index in [1.165, 1.54) is 25.1 Å². The second-order valence-electron chi connectivity index (χ2n) is 4.40. The van der Waals surface area contributed by atoms with Crippen LogP contribution < -0.4 is 10.2 Å². The second kappa shape index (κ2) is 5.17. The Bertz CT molecular complexity index is 280. The Morgan fingerprint density at radius 2 is 2.00 bits per heavy atom. The molecule has 1 aromatic rings. The van der Waals surface area contributed by atoms with Gasteiger partial charge < -0.3 is 10.2 Å². The highest BCUT2D eigenvalue weighted by Crippen LogP contribution is 2.27. The van der Waals surface area contributed by atoms with Gasteiger partial charge in [0.25, 0.3) is 0 Å². The summed E-state index contributed by atoms with van der Waals surface area (Å²) in [7, 11) is 2.15. The summed E-state index contributed by atoms with van der Waals surface area (Å²) in [6.45, 7) is 3.38. The van der Waals surface area contributed by atoms with Gasteiger partial charge in [0.1, 0.15) is 0 Å². The Kier molecular flexibility index (Phi) is 3.62.